The van der Waals surface area contributed by atoms with E-state index in [0.29, 0.717) is 12.3 Å². The number of hydrogen-bond donors (Lipinski definition) is 2. The van der Waals surface area contributed by atoms with Gasteiger partial charge < -0.3 is 10.6 Å². The normalized spacial score (nSPS) is 18.9. The molecule has 1 aliphatic rings. The van der Waals surface area contributed by atoms with E-state index >= 15 is 0 Å². The number of carbonyl (C=O) groups is 1. The molecule has 0 saturated carbocycles. The SMILES string of the molecule is O=C(CCC1CCNC1)Nc1cccc(F)c1F. The van der Waals surface area contributed by atoms with Crippen LogP contribution < -0.4 is 10.6 Å². The summed E-state index contributed by atoms with van der Waals surface area (Å²) in [5.74, 6) is -1.72. The molecule has 2 rings (SSSR count). The van der Waals surface area contributed by atoms with Crippen molar-refractivity contribution < 1.29 is 13.6 Å². The zero-order valence-corrected chi connectivity index (χ0v) is 10.0. The van der Waals surface area contributed by atoms with E-state index in [4.69, 9.17) is 0 Å². The van der Waals surface area contributed by atoms with E-state index in [1.807, 2.05) is 0 Å². The van der Waals surface area contributed by atoms with Crippen LogP contribution in [0.4, 0.5) is 14.5 Å². The standard InChI is InChI=1S/C13H16F2N2O/c14-10-2-1-3-11(13(10)15)17-12(18)5-4-9-6-7-16-8-9/h1-3,9,16H,4-8H2,(H,17,18). The summed E-state index contributed by atoms with van der Waals surface area (Å²) in [5.41, 5.74) is -0.0930. The molecule has 3 nitrogen and oxygen atoms in total. The lowest BCUT2D eigenvalue weighted by molar-refractivity contribution is -0.116. The number of nitrogens with one attached hydrogen (secondary N) is 2. The third-order valence-corrected chi connectivity index (χ3v) is 3.17. The lowest BCUT2D eigenvalue weighted by Gasteiger charge is -2.09. The number of halogens is 2. The Kier molecular flexibility index (Phi) is 4.25. The van der Waals surface area contributed by atoms with Crippen LogP contribution in [0.15, 0.2) is 18.2 Å². The minimum absolute atomic E-state index is 0.0930. The van der Waals surface area contributed by atoms with E-state index in [0.717, 1.165) is 32.0 Å². The van der Waals surface area contributed by atoms with Crippen LogP contribution in [0.25, 0.3) is 0 Å². The van der Waals surface area contributed by atoms with Gasteiger partial charge in [-0.15, -0.1) is 0 Å². The van der Waals surface area contributed by atoms with E-state index in [1.165, 1.54) is 12.1 Å². The van der Waals surface area contributed by atoms with Gasteiger partial charge in [-0.2, -0.15) is 0 Å². The van der Waals surface area contributed by atoms with Gasteiger partial charge in [-0.1, -0.05) is 6.07 Å². The van der Waals surface area contributed by atoms with E-state index in [1.54, 1.807) is 0 Å². The maximum absolute atomic E-state index is 13.3. The van der Waals surface area contributed by atoms with Crippen LogP contribution in [0.1, 0.15) is 19.3 Å². The summed E-state index contributed by atoms with van der Waals surface area (Å²) in [5, 5.41) is 5.62. The van der Waals surface area contributed by atoms with Crippen molar-refractivity contribution in [2.75, 3.05) is 18.4 Å². The molecule has 2 N–H and O–H groups in total. The first-order valence-corrected chi connectivity index (χ1v) is 6.11. The molecular weight excluding hydrogens is 238 g/mol. The number of benzene rings is 1. The van der Waals surface area contributed by atoms with Crippen LogP contribution in [-0.4, -0.2) is 19.0 Å². The highest BCUT2D eigenvalue weighted by Gasteiger charge is 2.16. The average Bonchev–Trinajstić information content (AvgIpc) is 2.86. The van der Waals surface area contributed by atoms with Gasteiger partial charge in [0.25, 0.3) is 0 Å². The lowest BCUT2D eigenvalue weighted by Crippen LogP contribution is -2.15. The third kappa shape index (κ3) is 3.26. The van der Waals surface area contributed by atoms with Crippen LogP contribution in [0, 0.1) is 17.6 Å². The summed E-state index contributed by atoms with van der Waals surface area (Å²) in [6.45, 7) is 1.92. The van der Waals surface area contributed by atoms with Gasteiger partial charge >= 0.3 is 0 Å². The van der Waals surface area contributed by atoms with Crippen molar-refractivity contribution in [2.45, 2.75) is 19.3 Å². The minimum atomic E-state index is -1.01. The van der Waals surface area contributed by atoms with Gasteiger partial charge in [0.05, 0.1) is 5.69 Å². The number of anilines is 1. The lowest BCUT2D eigenvalue weighted by atomic mass is 10.0. The molecule has 18 heavy (non-hydrogen) atoms. The van der Waals surface area contributed by atoms with Gasteiger partial charge in [-0.25, -0.2) is 8.78 Å². The average molecular weight is 254 g/mol. The van der Waals surface area contributed by atoms with Crippen LogP contribution in [0.3, 0.4) is 0 Å². The molecule has 1 aromatic rings. The molecule has 5 heteroatoms. The molecule has 1 aromatic carbocycles. The zero-order valence-electron chi connectivity index (χ0n) is 10.0. The first-order valence-electron chi connectivity index (χ1n) is 6.11. The quantitative estimate of drug-likeness (QED) is 0.865. The molecule has 0 aliphatic carbocycles. The number of amides is 1. The maximum atomic E-state index is 13.3. The minimum Gasteiger partial charge on any atom is -0.324 e. The Labute approximate surface area is 105 Å². The van der Waals surface area contributed by atoms with Crippen molar-refractivity contribution in [2.24, 2.45) is 5.92 Å². The van der Waals surface area contributed by atoms with Gasteiger partial charge in [0, 0.05) is 6.42 Å². The number of carbonyl (C=O) groups excluding carboxylic acids is 1. The molecule has 98 valence electrons. The highest BCUT2D eigenvalue weighted by Crippen LogP contribution is 2.18. The summed E-state index contributed by atoms with van der Waals surface area (Å²) in [4.78, 5) is 11.6. The van der Waals surface area contributed by atoms with Crippen molar-refractivity contribution in [3.05, 3.63) is 29.8 Å². The van der Waals surface area contributed by atoms with Crippen LogP contribution >= 0.6 is 0 Å². The Hall–Kier alpha value is -1.49. The van der Waals surface area contributed by atoms with E-state index in [9.17, 15) is 13.6 Å². The van der Waals surface area contributed by atoms with E-state index < -0.39 is 11.6 Å². The maximum Gasteiger partial charge on any atom is 0.224 e. The monoisotopic (exact) mass is 254 g/mol. The Morgan fingerprint density at radius 2 is 2.28 bits per heavy atom. The molecule has 1 amide bonds. The van der Waals surface area contributed by atoms with E-state index in [2.05, 4.69) is 10.6 Å². The number of rotatable bonds is 4. The molecule has 1 unspecified atom stereocenters. The van der Waals surface area contributed by atoms with Crippen molar-refractivity contribution in [1.82, 2.24) is 5.32 Å². The van der Waals surface area contributed by atoms with Gasteiger partial charge in [0.1, 0.15) is 0 Å². The van der Waals surface area contributed by atoms with Crippen molar-refractivity contribution in [1.29, 1.82) is 0 Å². The second-order valence-electron chi connectivity index (χ2n) is 4.55. The molecule has 1 atom stereocenters. The Morgan fingerprint density at radius 3 is 3.00 bits per heavy atom. The molecule has 0 spiro atoms. The van der Waals surface area contributed by atoms with Crippen LogP contribution in [0.5, 0.6) is 0 Å². The van der Waals surface area contributed by atoms with Crippen molar-refractivity contribution >= 4 is 11.6 Å². The molecule has 1 saturated heterocycles. The fourth-order valence-electron chi connectivity index (χ4n) is 2.11. The topological polar surface area (TPSA) is 41.1 Å². The predicted octanol–water partition coefficient (Wildman–Crippen LogP) is 2.29. The highest BCUT2D eigenvalue weighted by molar-refractivity contribution is 5.90. The smallest absolute Gasteiger partial charge is 0.224 e. The summed E-state index contributed by atoms with van der Waals surface area (Å²) in [7, 11) is 0. The first-order chi connectivity index (χ1) is 8.66. The fourth-order valence-corrected chi connectivity index (χ4v) is 2.11. The Bertz CT molecular complexity index is 431. The summed E-state index contributed by atoms with van der Waals surface area (Å²) in [6.07, 6.45) is 2.18. The van der Waals surface area contributed by atoms with Crippen LogP contribution in [-0.2, 0) is 4.79 Å². The summed E-state index contributed by atoms with van der Waals surface area (Å²) < 4.78 is 26.2. The van der Waals surface area contributed by atoms with Crippen LogP contribution in [0.2, 0.25) is 0 Å². The second-order valence-corrected chi connectivity index (χ2v) is 4.55. The third-order valence-electron chi connectivity index (χ3n) is 3.17. The largest absolute Gasteiger partial charge is 0.324 e. The van der Waals surface area contributed by atoms with Crippen molar-refractivity contribution in [3.63, 3.8) is 0 Å². The van der Waals surface area contributed by atoms with Crippen molar-refractivity contribution in [3.8, 4) is 0 Å². The Morgan fingerprint density at radius 1 is 1.44 bits per heavy atom. The molecule has 0 bridgehead atoms. The fraction of sp³-hybridized carbons (Fsp3) is 0.462. The van der Waals surface area contributed by atoms with Gasteiger partial charge in [0.15, 0.2) is 11.6 Å². The van der Waals surface area contributed by atoms with E-state index in [-0.39, 0.29) is 11.6 Å². The summed E-state index contributed by atoms with van der Waals surface area (Å²) in [6, 6.07) is 3.75. The molecule has 0 radical (unpaired) electrons. The molecule has 1 heterocycles. The zero-order chi connectivity index (χ0) is 13.0. The van der Waals surface area contributed by atoms with Gasteiger partial charge in [-0.3, -0.25) is 4.79 Å². The molecule has 1 fully saturated rings. The number of hydrogen-bond acceptors (Lipinski definition) is 2. The first kappa shape index (κ1) is 13.0. The van der Waals surface area contributed by atoms with Gasteiger partial charge in [0.2, 0.25) is 5.91 Å². The highest BCUT2D eigenvalue weighted by atomic mass is 19.2. The molecule has 1 aliphatic heterocycles. The van der Waals surface area contributed by atoms with Gasteiger partial charge in [-0.05, 0) is 44.0 Å². The second kappa shape index (κ2) is 5.91. The molecule has 0 aromatic heterocycles. The molecular formula is C13H16F2N2O. The Balaban J connectivity index is 1.84. The summed E-state index contributed by atoms with van der Waals surface area (Å²) >= 11 is 0. The predicted molar refractivity (Wildman–Crippen MR) is 65.2 cm³/mol.